The highest BCUT2D eigenvalue weighted by Crippen LogP contribution is 2.41. The molecule has 3 fully saturated rings. The molecule has 0 radical (unpaired) electrons. The van der Waals surface area contributed by atoms with Crippen LogP contribution in [0.25, 0.3) is 0 Å². The van der Waals surface area contributed by atoms with Crippen LogP contribution in [0.3, 0.4) is 0 Å². The van der Waals surface area contributed by atoms with Gasteiger partial charge in [-0.05, 0) is 57.4 Å². The molecular weight excluding hydrogens is 326 g/mol. The minimum Gasteiger partial charge on any atom is -0.388 e. The van der Waals surface area contributed by atoms with Gasteiger partial charge >= 0.3 is 0 Å². The van der Waals surface area contributed by atoms with E-state index in [2.05, 4.69) is 10.00 Å². The molecule has 1 saturated carbocycles. The lowest BCUT2D eigenvalue weighted by molar-refractivity contribution is -0.106. The fraction of sp³-hybridized carbons (Fsp3) is 0.810. The second-order valence-corrected chi connectivity index (χ2v) is 9.04. The maximum atomic E-state index is 12.1. The van der Waals surface area contributed by atoms with E-state index in [0.717, 1.165) is 24.5 Å². The Kier molecular flexibility index (Phi) is 5.20. The summed E-state index contributed by atoms with van der Waals surface area (Å²) < 4.78 is 1.47. The quantitative estimate of drug-likeness (QED) is 0.898. The van der Waals surface area contributed by atoms with Crippen molar-refractivity contribution in [3.63, 3.8) is 0 Å². The first kappa shape index (κ1) is 18.2. The van der Waals surface area contributed by atoms with Crippen LogP contribution in [0.2, 0.25) is 0 Å². The van der Waals surface area contributed by atoms with Crippen LogP contribution in [0, 0.1) is 12.8 Å². The molecular formula is C21H33N3O2. The molecule has 26 heavy (non-hydrogen) atoms. The SMILES string of the molecule is Cc1ccc(=O)n(CC2(O)C[C@@H]3CCC[C@@H](C2)N3CC2CCCCC2)n1. The molecule has 3 aliphatic rings. The third-order valence-electron chi connectivity index (χ3n) is 6.88. The molecule has 2 aliphatic heterocycles. The van der Waals surface area contributed by atoms with Gasteiger partial charge < -0.3 is 5.11 Å². The van der Waals surface area contributed by atoms with Gasteiger partial charge in [0.25, 0.3) is 5.56 Å². The smallest absolute Gasteiger partial charge is 0.266 e. The van der Waals surface area contributed by atoms with Gasteiger partial charge in [0, 0.05) is 24.7 Å². The number of hydrogen-bond acceptors (Lipinski definition) is 4. The molecule has 1 aliphatic carbocycles. The fourth-order valence-corrected chi connectivity index (χ4v) is 5.66. The standard InChI is InChI=1S/C21H33N3O2/c1-16-10-11-20(25)24(22-16)15-21(26)12-18-8-5-9-19(13-21)23(18)14-17-6-3-2-4-7-17/h10-11,17-19,26H,2-9,12-15H2,1H3/t18-,19-/m0/s1. The Hall–Kier alpha value is -1.20. The molecule has 0 amide bonds. The molecule has 1 N–H and O–H groups in total. The Morgan fingerprint density at radius 1 is 1.08 bits per heavy atom. The monoisotopic (exact) mass is 359 g/mol. The van der Waals surface area contributed by atoms with Crippen LogP contribution in [-0.2, 0) is 6.54 Å². The van der Waals surface area contributed by atoms with Crippen LogP contribution in [0.1, 0.15) is 69.9 Å². The molecule has 0 spiro atoms. The van der Waals surface area contributed by atoms with Crippen LogP contribution in [0.15, 0.2) is 16.9 Å². The first-order valence-electron chi connectivity index (χ1n) is 10.6. The van der Waals surface area contributed by atoms with E-state index in [1.807, 2.05) is 6.92 Å². The highest BCUT2D eigenvalue weighted by molar-refractivity contribution is 5.02. The van der Waals surface area contributed by atoms with Crippen molar-refractivity contribution in [2.45, 2.75) is 95.4 Å². The van der Waals surface area contributed by atoms with Gasteiger partial charge in [0.1, 0.15) is 0 Å². The Morgan fingerprint density at radius 2 is 1.77 bits per heavy atom. The predicted octanol–water partition coefficient (Wildman–Crippen LogP) is 2.88. The summed E-state index contributed by atoms with van der Waals surface area (Å²) >= 11 is 0. The van der Waals surface area contributed by atoms with Crippen molar-refractivity contribution < 1.29 is 5.11 Å². The molecule has 144 valence electrons. The Bertz CT molecular complexity index is 666. The summed E-state index contributed by atoms with van der Waals surface area (Å²) in [4.78, 5) is 14.9. The lowest BCUT2D eigenvalue weighted by atomic mass is 9.74. The van der Waals surface area contributed by atoms with Crippen molar-refractivity contribution in [2.24, 2.45) is 5.92 Å². The summed E-state index contributed by atoms with van der Waals surface area (Å²) in [6.07, 6.45) is 12.1. The van der Waals surface area contributed by atoms with Crippen LogP contribution >= 0.6 is 0 Å². The Morgan fingerprint density at radius 3 is 2.46 bits per heavy atom. The summed E-state index contributed by atoms with van der Waals surface area (Å²) in [6.45, 7) is 3.44. The van der Waals surface area contributed by atoms with E-state index in [1.54, 1.807) is 12.1 Å². The Balaban J connectivity index is 1.47. The van der Waals surface area contributed by atoms with Gasteiger partial charge in [0.2, 0.25) is 0 Å². The highest BCUT2D eigenvalue weighted by atomic mass is 16.3. The predicted molar refractivity (Wildman–Crippen MR) is 102 cm³/mol. The van der Waals surface area contributed by atoms with Gasteiger partial charge in [-0.1, -0.05) is 25.7 Å². The number of fused-ring (bicyclic) bond motifs is 2. The zero-order valence-corrected chi connectivity index (χ0v) is 16.1. The van der Waals surface area contributed by atoms with Crippen LogP contribution in [0.4, 0.5) is 0 Å². The lowest BCUT2D eigenvalue weighted by Crippen LogP contribution is -2.60. The van der Waals surface area contributed by atoms with Gasteiger partial charge in [-0.2, -0.15) is 5.10 Å². The number of nitrogens with zero attached hydrogens (tertiary/aromatic N) is 3. The van der Waals surface area contributed by atoms with E-state index in [1.165, 1.54) is 62.6 Å². The lowest BCUT2D eigenvalue weighted by Gasteiger charge is -2.53. The van der Waals surface area contributed by atoms with Gasteiger partial charge in [0.05, 0.1) is 17.8 Å². The largest absolute Gasteiger partial charge is 0.388 e. The Labute approximate surface area is 156 Å². The first-order valence-corrected chi connectivity index (χ1v) is 10.6. The first-order chi connectivity index (χ1) is 12.5. The molecule has 1 aromatic rings. The van der Waals surface area contributed by atoms with E-state index in [0.29, 0.717) is 18.6 Å². The van der Waals surface area contributed by atoms with Gasteiger partial charge in [-0.25, -0.2) is 4.68 Å². The second kappa shape index (κ2) is 7.43. The number of aliphatic hydroxyl groups is 1. The zero-order chi connectivity index (χ0) is 18.1. The molecule has 5 nitrogen and oxygen atoms in total. The zero-order valence-electron chi connectivity index (χ0n) is 16.1. The van der Waals surface area contributed by atoms with E-state index in [9.17, 15) is 9.90 Å². The molecule has 5 heteroatoms. The summed E-state index contributed by atoms with van der Waals surface area (Å²) in [6, 6.07) is 4.24. The molecule has 0 aromatic carbocycles. The second-order valence-electron chi connectivity index (χ2n) is 9.04. The average Bonchev–Trinajstić information content (AvgIpc) is 2.60. The van der Waals surface area contributed by atoms with Crippen molar-refractivity contribution in [3.05, 3.63) is 28.2 Å². The van der Waals surface area contributed by atoms with Crippen molar-refractivity contribution >= 4 is 0 Å². The van der Waals surface area contributed by atoms with Crippen molar-refractivity contribution in [1.29, 1.82) is 0 Å². The molecule has 0 unspecified atom stereocenters. The average molecular weight is 360 g/mol. The van der Waals surface area contributed by atoms with E-state index in [-0.39, 0.29) is 5.56 Å². The van der Waals surface area contributed by atoms with Crippen LogP contribution < -0.4 is 5.56 Å². The van der Waals surface area contributed by atoms with Crippen molar-refractivity contribution in [1.82, 2.24) is 14.7 Å². The highest BCUT2D eigenvalue weighted by Gasteiger charge is 2.46. The molecule has 2 bridgehead atoms. The maximum absolute atomic E-state index is 12.1. The minimum atomic E-state index is -0.802. The molecule has 4 rings (SSSR count). The third kappa shape index (κ3) is 3.89. The summed E-state index contributed by atoms with van der Waals surface area (Å²) in [7, 11) is 0. The van der Waals surface area contributed by atoms with E-state index in [4.69, 9.17) is 0 Å². The fourth-order valence-electron chi connectivity index (χ4n) is 5.66. The minimum absolute atomic E-state index is 0.112. The van der Waals surface area contributed by atoms with Crippen molar-refractivity contribution in [2.75, 3.05) is 6.54 Å². The summed E-state index contributed by atoms with van der Waals surface area (Å²) in [5.41, 5.74) is -0.0920. The van der Waals surface area contributed by atoms with Gasteiger partial charge in [0.15, 0.2) is 0 Å². The van der Waals surface area contributed by atoms with Crippen molar-refractivity contribution in [3.8, 4) is 0 Å². The van der Waals surface area contributed by atoms with Gasteiger partial charge in [-0.15, -0.1) is 0 Å². The third-order valence-corrected chi connectivity index (χ3v) is 6.88. The number of aromatic nitrogens is 2. The number of rotatable bonds is 4. The normalized spacial score (nSPS) is 33.3. The summed E-state index contributed by atoms with van der Waals surface area (Å²) in [5.74, 6) is 0.846. The van der Waals surface area contributed by atoms with E-state index < -0.39 is 5.60 Å². The number of piperidine rings is 2. The molecule has 2 atom stereocenters. The number of aryl methyl sites for hydroxylation is 1. The molecule has 1 aromatic heterocycles. The van der Waals surface area contributed by atoms with Crippen LogP contribution in [0.5, 0.6) is 0 Å². The topological polar surface area (TPSA) is 58.4 Å². The maximum Gasteiger partial charge on any atom is 0.266 e. The molecule has 2 saturated heterocycles. The van der Waals surface area contributed by atoms with Crippen LogP contribution in [-0.4, -0.2) is 44.0 Å². The van der Waals surface area contributed by atoms with Gasteiger partial charge in [-0.3, -0.25) is 9.69 Å². The van der Waals surface area contributed by atoms with E-state index >= 15 is 0 Å². The summed E-state index contributed by atoms with van der Waals surface area (Å²) in [5, 5.41) is 15.7. The molecule has 3 heterocycles. The number of hydrogen-bond donors (Lipinski definition) is 1.